The van der Waals surface area contributed by atoms with Crippen molar-refractivity contribution in [2.45, 2.75) is 6.92 Å². The first-order valence-electron chi connectivity index (χ1n) is 2.28. The van der Waals surface area contributed by atoms with E-state index in [2.05, 4.69) is 16.6 Å². The van der Waals surface area contributed by atoms with Gasteiger partial charge in [0.15, 0.2) is 5.88 Å². The Bertz CT molecular complexity index is 188. The molecule has 0 saturated carbocycles. The highest BCUT2D eigenvalue weighted by atomic mass is 16.3. The Labute approximate surface area is 52.7 Å². The smallest absolute Gasteiger partial charge is 0.180 e. The molecule has 0 aliphatic rings. The predicted molar refractivity (Wildman–Crippen MR) is 34.7 cm³/mol. The van der Waals surface area contributed by atoms with E-state index in [1.54, 1.807) is 6.92 Å². The molecule has 0 rings (SSSR count). The maximum Gasteiger partial charge on any atom is 0.180 e. The molecule has 0 radical (unpaired) electrons. The van der Waals surface area contributed by atoms with Gasteiger partial charge in [0.25, 0.3) is 0 Å². The molecule has 0 aromatic carbocycles. The van der Waals surface area contributed by atoms with Gasteiger partial charge in [0.05, 0.1) is 0 Å². The van der Waals surface area contributed by atoms with Crippen LogP contribution in [0, 0.1) is 0 Å². The molecular weight excluding hydrogens is 118 g/mol. The summed E-state index contributed by atoms with van der Waals surface area (Å²) >= 11 is 0. The molecule has 4 heteroatoms. The highest BCUT2D eigenvalue weighted by Crippen LogP contribution is 1.96. The lowest BCUT2D eigenvalue weighted by Gasteiger charge is -1.85. The van der Waals surface area contributed by atoms with Crippen LogP contribution in [0.4, 0.5) is 0 Å². The van der Waals surface area contributed by atoms with E-state index < -0.39 is 0 Å². The Balaban J connectivity index is 4.16. The number of aliphatic hydroxyl groups is 1. The van der Waals surface area contributed by atoms with E-state index >= 15 is 0 Å². The largest absolute Gasteiger partial charge is 0.506 e. The van der Waals surface area contributed by atoms with E-state index in [1.165, 1.54) is 6.08 Å². The van der Waals surface area contributed by atoms with Crippen molar-refractivity contribution in [2.24, 2.45) is 5.11 Å². The van der Waals surface area contributed by atoms with Gasteiger partial charge in [0, 0.05) is 4.91 Å². The van der Waals surface area contributed by atoms with Crippen LogP contribution in [0.2, 0.25) is 0 Å². The normalized spacial score (nSPS) is 10.1. The number of azide groups is 1. The molecule has 0 unspecified atom stereocenters. The lowest BCUT2D eigenvalue weighted by atomic mass is 10.3. The van der Waals surface area contributed by atoms with Crippen LogP contribution in [0.5, 0.6) is 0 Å². The zero-order chi connectivity index (χ0) is 7.28. The van der Waals surface area contributed by atoms with E-state index in [1.807, 2.05) is 0 Å². The summed E-state index contributed by atoms with van der Waals surface area (Å²) in [4.78, 5) is 2.35. The Morgan fingerprint density at radius 1 is 1.89 bits per heavy atom. The Hall–Kier alpha value is -1.41. The van der Waals surface area contributed by atoms with Gasteiger partial charge < -0.3 is 5.11 Å². The van der Waals surface area contributed by atoms with Crippen molar-refractivity contribution < 1.29 is 5.11 Å². The van der Waals surface area contributed by atoms with E-state index in [0.29, 0.717) is 5.57 Å². The van der Waals surface area contributed by atoms with Gasteiger partial charge in [-0.1, -0.05) is 12.2 Å². The average Bonchev–Trinajstić information content (AvgIpc) is 1.63. The zero-order valence-electron chi connectivity index (χ0n) is 5.07. The standard InChI is InChI=1S/C5H7N3O/c1-4(2)3-5(9)7-8-6/h3,9H,1H2,2H3. The minimum absolute atomic E-state index is 0.356. The third kappa shape index (κ3) is 4.44. The quantitative estimate of drug-likeness (QED) is 0.198. The number of rotatable bonds is 2. The number of hydrogen-bond donors (Lipinski definition) is 1. The summed E-state index contributed by atoms with van der Waals surface area (Å²) in [6.07, 6.45) is 1.28. The Morgan fingerprint density at radius 3 is 2.78 bits per heavy atom. The molecule has 0 heterocycles. The van der Waals surface area contributed by atoms with Crippen LogP contribution in [-0.2, 0) is 0 Å². The summed E-state index contributed by atoms with van der Waals surface area (Å²) in [6.45, 7) is 5.14. The van der Waals surface area contributed by atoms with Crippen LogP contribution >= 0.6 is 0 Å². The second-order valence-corrected chi connectivity index (χ2v) is 1.54. The first kappa shape index (κ1) is 7.59. The minimum Gasteiger partial charge on any atom is -0.506 e. The lowest BCUT2D eigenvalue weighted by Crippen LogP contribution is -1.71. The van der Waals surface area contributed by atoms with Gasteiger partial charge in [-0.2, -0.15) is 0 Å². The second-order valence-electron chi connectivity index (χ2n) is 1.54. The minimum atomic E-state index is -0.356. The first-order chi connectivity index (χ1) is 4.16. The number of nitrogens with zero attached hydrogens (tertiary/aromatic N) is 3. The summed E-state index contributed by atoms with van der Waals surface area (Å²) in [5.41, 5.74) is 8.42. The van der Waals surface area contributed by atoms with Crippen molar-refractivity contribution in [1.29, 1.82) is 0 Å². The van der Waals surface area contributed by atoms with E-state index in [9.17, 15) is 0 Å². The lowest BCUT2D eigenvalue weighted by molar-refractivity contribution is 0.405. The maximum absolute atomic E-state index is 8.60. The van der Waals surface area contributed by atoms with Crippen molar-refractivity contribution in [3.8, 4) is 0 Å². The van der Waals surface area contributed by atoms with Crippen LogP contribution < -0.4 is 0 Å². The maximum atomic E-state index is 8.60. The van der Waals surface area contributed by atoms with Crippen molar-refractivity contribution >= 4 is 0 Å². The predicted octanol–water partition coefficient (Wildman–Crippen LogP) is 2.27. The van der Waals surface area contributed by atoms with Crippen molar-refractivity contribution in [3.63, 3.8) is 0 Å². The third-order valence-corrected chi connectivity index (χ3v) is 0.523. The molecule has 0 aliphatic carbocycles. The van der Waals surface area contributed by atoms with E-state index in [0.717, 1.165) is 0 Å². The molecule has 48 valence electrons. The third-order valence-electron chi connectivity index (χ3n) is 0.523. The molecule has 0 saturated heterocycles. The molecule has 0 atom stereocenters. The molecule has 1 N–H and O–H groups in total. The van der Waals surface area contributed by atoms with Gasteiger partial charge in [0.1, 0.15) is 0 Å². The SMILES string of the molecule is C=C(C)C=C(O)N=[N+]=[N-]. The number of hydrogen-bond acceptors (Lipinski definition) is 2. The fraction of sp³-hybridized carbons (Fsp3) is 0.200. The van der Waals surface area contributed by atoms with Gasteiger partial charge in [-0.15, -0.1) is 0 Å². The molecule has 0 aromatic heterocycles. The van der Waals surface area contributed by atoms with Crippen molar-refractivity contribution in [1.82, 2.24) is 0 Å². The summed E-state index contributed by atoms with van der Waals surface area (Å²) in [5.74, 6) is -0.356. The van der Waals surface area contributed by atoms with Crippen molar-refractivity contribution in [2.75, 3.05) is 0 Å². The highest BCUT2D eigenvalue weighted by Gasteiger charge is 1.82. The van der Waals surface area contributed by atoms with Gasteiger partial charge in [0.2, 0.25) is 0 Å². The monoisotopic (exact) mass is 125 g/mol. The topological polar surface area (TPSA) is 69.0 Å². The average molecular weight is 125 g/mol. The van der Waals surface area contributed by atoms with Crippen LogP contribution in [0.15, 0.2) is 29.2 Å². The molecular formula is C5H7N3O. The van der Waals surface area contributed by atoms with Crippen LogP contribution in [-0.4, -0.2) is 5.11 Å². The molecule has 0 spiro atoms. The molecule has 0 fully saturated rings. The van der Waals surface area contributed by atoms with Crippen LogP contribution in [0.1, 0.15) is 6.92 Å². The number of aliphatic hydroxyl groups excluding tert-OH is 1. The van der Waals surface area contributed by atoms with Gasteiger partial charge in [-0.25, -0.2) is 0 Å². The molecule has 9 heavy (non-hydrogen) atoms. The van der Waals surface area contributed by atoms with E-state index in [-0.39, 0.29) is 5.88 Å². The second kappa shape index (κ2) is 3.57. The summed E-state index contributed by atoms with van der Waals surface area (Å²) in [5, 5.41) is 11.5. The Morgan fingerprint density at radius 2 is 2.44 bits per heavy atom. The molecule has 0 aromatic rings. The summed E-state index contributed by atoms with van der Waals surface area (Å²) in [6, 6.07) is 0. The van der Waals surface area contributed by atoms with Crippen LogP contribution in [0.3, 0.4) is 0 Å². The fourth-order valence-corrected chi connectivity index (χ4v) is 0.295. The van der Waals surface area contributed by atoms with Gasteiger partial charge in [-0.3, -0.25) is 0 Å². The summed E-state index contributed by atoms with van der Waals surface area (Å²) in [7, 11) is 0. The molecule has 0 amide bonds. The van der Waals surface area contributed by atoms with Gasteiger partial charge >= 0.3 is 0 Å². The molecule has 0 bridgehead atoms. The molecule has 0 aliphatic heterocycles. The van der Waals surface area contributed by atoms with Crippen LogP contribution in [0.25, 0.3) is 10.4 Å². The summed E-state index contributed by atoms with van der Waals surface area (Å²) < 4.78 is 0. The first-order valence-corrected chi connectivity index (χ1v) is 2.28. The number of allylic oxidation sites excluding steroid dienone is 2. The van der Waals surface area contributed by atoms with E-state index in [4.69, 9.17) is 10.6 Å². The van der Waals surface area contributed by atoms with Gasteiger partial charge in [-0.05, 0) is 23.6 Å². The van der Waals surface area contributed by atoms with Crippen molar-refractivity contribution in [3.05, 3.63) is 34.6 Å². The fourth-order valence-electron chi connectivity index (χ4n) is 0.295. The Kier molecular flexibility index (Phi) is 3.01. The zero-order valence-corrected chi connectivity index (χ0v) is 5.07. The highest BCUT2D eigenvalue weighted by molar-refractivity contribution is 5.13. The molecule has 4 nitrogen and oxygen atoms in total.